The number of hydrogen-bond donors (Lipinski definition) is 1. The van der Waals surface area contributed by atoms with E-state index < -0.39 is 11.0 Å². The Morgan fingerprint density at radius 2 is 2.16 bits per heavy atom. The Labute approximate surface area is 142 Å². The molecule has 0 fully saturated rings. The number of non-ortho nitro benzene ring substituents is 1. The van der Waals surface area contributed by atoms with Crippen LogP contribution in [0.3, 0.4) is 0 Å². The first kappa shape index (κ1) is 15.4. The molecule has 0 saturated heterocycles. The van der Waals surface area contributed by atoms with E-state index >= 15 is 0 Å². The molecule has 0 bridgehead atoms. The zero-order chi connectivity index (χ0) is 17.8. The van der Waals surface area contributed by atoms with Crippen molar-refractivity contribution in [3.05, 3.63) is 51.2 Å². The Morgan fingerprint density at radius 3 is 2.92 bits per heavy atom. The first-order chi connectivity index (χ1) is 11.9. The minimum atomic E-state index is -0.565. The molecule has 4 rings (SSSR count). The van der Waals surface area contributed by atoms with Gasteiger partial charge in [0.05, 0.1) is 4.92 Å². The number of fused-ring (bicyclic) bond motifs is 1. The van der Waals surface area contributed by atoms with Crippen molar-refractivity contribution >= 4 is 17.4 Å². The van der Waals surface area contributed by atoms with Gasteiger partial charge in [-0.15, -0.1) is 0 Å². The summed E-state index contributed by atoms with van der Waals surface area (Å²) in [4.78, 5) is 23.5. The van der Waals surface area contributed by atoms with Crippen LogP contribution < -0.4 is 5.32 Å². The van der Waals surface area contributed by atoms with E-state index in [4.69, 9.17) is 0 Å². The van der Waals surface area contributed by atoms with Crippen molar-refractivity contribution in [2.75, 3.05) is 5.32 Å². The largest absolute Gasteiger partial charge is 0.326 e. The van der Waals surface area contributed by atoms with E-state index in [1.807, 2.05) is 13.8 Å². The summed E-state index contributed by atoms with van der Waals surface area (Å²) in [7, 11) is 0. The predicted octanol–water partition coefficient (Wildman–Crippen LogP) is 2.24. The number of nitrogens with one attached hydrogen (secondary N) is 1. The molecule has 128 valence electrons. The molecule has 0 radical (unpaired) electrons. The predicted molar refractivity (Wildman–Crippen MR) is 87.7 cm³/mol. The Kier molecular flexibility index (Phi) is 3.21. The molecule has 1 N–H and O–H groups in total. The maximum atomic E-state index is 12.9. The number of ketones is 1. The lowest BCUT2D eigenvalue weighted by Gasteiger charge is -2.37. The summed E-state index contributed by atoms with van der Waals surface area (Å²) in [6.07, 6.45) is 1.10. The van der Waals surface area contributed by atoms with Crippen molar-refractivity contribution in [3.8, 4) is 0 Å². The van der Waals surface area contributed by atoms with E-state index in [1.54, 1.807) is 12.1 Å². The average Bonchev–Trinajstić information content (AvgIpc) is 2.99. The number of benzene rings is 1. The quantitative estimate of drug-likeness (QED) is 0.658. The van der Waals surface area contributed by atoms with Crippen LogP contribution >= 0.6 is 0 Å². The molecule has 2 heterocycles. The molecule has 0 unspecified atom stereocenters. The third kappa shape index (κ3) is 2.48. The minimum Gasteiger partial charge on any atom is -0.326 e. The fourth-order valence-electron chi connectivity index (χ4n) is 3.59. The lowest BCUT2D eigenvalue weighted by atomic mass is 9.73. The molecule has 0 spiro atoms. The molecule has 1 aliphatic heterocycles. The van der Waals surface area contributed by atoms with Gasteiger partial charge >= 0.3 is 0 Å². The van der Waals surface area contributed by atoms with Gasteiger partial charge in [-0.2, -0.15) is 4.68 Å². The minimum absolute atomic E-state index is 0.0106. The van der Waals surface area contributed by atoms with E-state index in [9.17, 15) is 14.9 Å². The van der Waals surface area contributed by atoms with E-state index in [0.29, 0.717) is 29.9 Å². The molecule has 2 aromatic rings. The van der Waals surface area contributed by atoms with Crippen molar-refractivity contribution in [1.82, 2.24) is 20.2 Å². The molecule has 9 nitrogen and oxygen atoms in total. The van der Waals surface area contributed by atoms with Gasteiger partial charge in [0, 0.05) is 29.8 Å². The summed E-state index contributed by atoms with van der Waals surface area (Å²) in [5.41, 5.74) is 1.80. The normalized spacial score (nSPS) is 21.4. The van der Waals surface area contributed by atoms with Crippen LogP contribution in [0.4, 0.5) is 11.6 Å². The van der Waals surface area contributed by atoms with Gasteiger partial charge in [0.1, 0.15) is 6.04 Å². The van der Waals surface area contributed by atoms with Gasteiger partial charge in [0.25, 0.3) is 5.69 Å². The molecule has 0 saturated carbocycles. The van der Waals surface area contributed by atoms with Crippen molar-refractivity contribution in [2.45, 2.75) is 32.7 Å². The summed E-state index contributed by atoms with van der Waals surface area (Å²) in [6.45, 7) is 4.08. The van der Waals surface area contributed by atoms with E-state index in [0.717, 1.165) is 5.70 Å². The number of nitro benzene ring substituents is 1. The molecule has 9 heteroatoms. The highest BCUT2D eigenvalue weighted by Gasteiger charge is 2.42. The topological polar surface area (TPSA) is 116 Å². The number of anilines is 1. The van der Waals surface area contributed by atoms with Gasteiger partial charge in [-0.3, -0.25) is 14.9 Å². The number of carbonyl (C=O) groups excluding carboxylic acids is 1. The first-order valence-electron chi connectivity index (χ1n) is 7.91. The first-order valence-corrected chi connectivity index (χ1v) is 7.91. The van der Waals surface area contributed by atoms with Crippen LogP contribution in [0.5, 0.6) is 0 Å². The molecular weight excluding hydrogens is 324 g/mol. The summed E-state index contributed by atoms with van der Waals surface area (Å²) < 4.78 is 1.51. The van der Waals surface area contributed by atoms with E-state index in [2.05, 4.69) is 20.8 Å². The summed E-state index contributed by atoms with van der Waals surface area (Å²) in [5.74, 6) is 0.442. The molecule has 0 amide bonds. The van der Waals surface area contributed by atoms with Crippen LogP contribution in [0.2, 0.25) is 0 Å². The number of carbonyl (C=O) groups is 1. The monoisotopic (exact) mass is 340 g/mol. The zero-order valence-electron chi connectivity index (χ0n) is 13.8. The number of tetrazole rings is 1. The lowest BCUT2D eigenvalue weighted by molar-refractivity contribution is -0.384. The van der Waals surface area contributed by atoms with Gasteiger partial charge in [-0.05, 0) is 27.8 Å². The number of nitro groups is 1. The van der Waals surface area contributed by atoms with Crippen LogP contribution in [0.25, 0.3) is 0 Å². The molecule has 25 heavy (non-hydrogen) atoms. The third-order valence-electron chi connectivity index (χ3n) is 4.59. The molecule has 1 aromatic carbocycles. The highest BCUT2D eigenvalue weighted by Crippen LogP contribution is 2.45. The highest BCUT2D eigenvalue weighted by atomic mass is 16.6. The number of hydrogen-bond acceptors (Lipinski definition) is 7. The number of rotatable bonds is 2. The van der Waals surface area contributed by atoms with E-state index in [-0.39, 0.29) is 16.9 Å². The molecule has 1 atom stereocenters. The molecular formula is C16H16N6O3. The van der Waals surface area contributed by atoms with Crippen LogP contribution in [0.15, 0.2) is 35.5 Å². The second-order valence-corrected chi connectivity index (χ2v) is 7.16. The maximum absolute atomic E-state index is 12.9. The zero-order valence-corrected chi connectivity index (χ0v) is 13.8. The van der Waals surface area contributed by atoms with Gasteiger partial charge in [0.2, 0.25) is 5.95 Å². The Bertz CT molecular complexity index is 929. The van der Waals surface area contributed by atoms with E-state index in [1.165, 1.54) is 16.8 Å². The second kappa shape index (κ2) is 5.20. The van der Waals surface area contributed by atoms with Crippen LogP contribution in [0, 0.1) is 15.5 Å². The molecule has 1 aromatic heterocycles. The average molecular weight is 340 g/mol. The standard InChI is InChI=1S/C16H16N6O3/c1-16(2)7-11-13(12(23)8-16)14(21-15(17-11)18-19-20-21)9-4-3-5-10(6-9)22(24)25/h3-6,14H,7-8H2,1-2H3,(H,17,18,20)/t14-/m0/s1. The van der Waals surface area contributed by atoms with Gasteiger partial charge in [-0.1, -0.05) is 31.1 Å². The molecule has 2 aliphatic rings. The second-order valence-electron chi connectivity index (χ2n) is 7.16. The number of aromatic nitrogens is 4. The lowest BCUT2D eigenvalue weighted by Crippen LogP contribution is -2.36. The maximum Gasteiger partial charge on any atom is 0.269 e. The molecule has 1 aliphatic carbocycles. The fourth-order valence-corrected chi connectivity index (χ4v) is 3.59. The van der Waals surface area contributed by atoms with Crippen LogP contribution in [-0.2, 0) is 4.79 Å². The third-order valence-corrected chi connectivity index (χ3v) is 4.59. The Hall–Kier alpha value is -3.10. The summed E-state index contributed by atoms with van der Waals surface area (Å²) >= 11 is 0. The summed E-state index contributed by atoms with van der Waals surface area (Å²) in [6, 6.07) is 5.69. The smallest absolute Gasteiger partial charge is 0.269 e. The highest BCUT2D eigenvalue weighted by molar-refractivity contribution is 6.00. The Balaban J connectivity index is 1.90. The van der Waals surface area contributed by atoms with Gasteiger partial charge in [0.15, 0.2) is 5.78 Å². The van der Waals surface area contributed by atoms with Crippen molar-refractivity contribution in [3.63, 3.8) is 0 Å². The number of allylic oxidation sites excluding steroid dienone is 2. The van der Waals surface area contributed by atoms with Crippen LogP contribution in [-0.4, -0.2) is 30.9 Å². The van der Waals surface area contributed by atoms with Crippen molar-refractivity contribution < 1.29 is 9.72 Å². The number of Topliss-reactive ketones (excluding diaryl/α,β-unsaturated/α-hetero) is 1. The van der Waals surface area contributed by atoms with Crippen molar-refractivity contribution in [2.24, 2.45) is 5.41 Å². The summed E-state index contributed by atoms with van der Waals surface area (Å²) in [5, 5.41) is 25.9. The van der Waals surface area contributed by atoms with Crippen molar-refractivity contribution in [1.29, 1.82) is 0 Å². The van der Waals surface area contributed by atoms with Gasteiger partial charge in [-0.25, -0.2) is 0 Å². The Morgan fingerprint density at radius 1 is 1.36 bits per heavy atom. The SMILES string of the molecule is CC1(C)CC(=O)C2=C(C1)Nc1nnnn1[C@H]2c1cccc([N+](=O)[O-])c1. The van der Waals surface area contributed by atoms with Crippen LogP contribution in [0.1, 0.15) is 38.3 Å². The number of nitrogens with zero attached hydrogens (tertiary/aromatic N) is 5. The fraction of sp³-hybridized carbons (Fsp3) is 0.375. The van der Waals surface area contributed by atoms with Gasteiger partial charge < -0.3 is 5.32 Å².